The molecule has 0 heterocycles. The minimum atomic E-state index is -2.92. The van der Waals surface area contributed by atoms with Gasteiger partial charge < -0.3 is 29.8 Å². The smallest absolute Gasteiger partial charge is 0.0768 e. The average Bonchev–Trinajstić information content (AvgIpc) is 3.67. The van der Waals surface area contributed by atoms with Crippen molar-refractivity contribution in [2.75, 3.05) is 60.4 Å². The van der Waals surface area contributed by atoms with E-state index in [9.17, 15) is 0 Å². The molecular formula is C87H186BN3O3. The molecule has 0 aromatic carbocycles. The van der Waals surface area contributed by atoms with Gasteiger partial charge in [0.1, 0.15) is 0 Å². The second-order valence-electron chi connectivity index (χ2n) is 31.0. The van der Waals surface area contributed by atoms with Gasteiger partial charge in [-0.15, -0.1) is 0 Å². The normalized spacial score (nSPS) is 11.4. The molecule has 0 saturated heterocycles. The third-order valence-corrected chi connectivity index (χ3v) is 20.7. The van der Waals surface area contributed by atoms with E-state index in [1.54, 1.807) is 14.7 Å². The Kier molecular flexibility index (Phi) is 103. The zero-order valence-electron chi connectivity index (χ0n) is 67.5. The molecule has 0 bridgehead atoms. The molecule has 0 atom stereocenters. The third-order valence-electron chi connectivity index (χ3n) is 20.7. The van der Waals surface area contributed by atoms with E-state index in [-0.39, 0.29) is 0 Å². The molecule has 570 valence electrons. The summed E-state index contributed by atoms with van der Waals surface area (Å²) >= 11 is 0. The van der Waals surface area contributed by atoms with Gasteiger partial charge in [-0.05, 0) is 77.0 Å². The van der Waals surface area contributed by atoms with Crippen LogP contribution in [0.3, 0.4) is 0 Å². The van der Waals surface area contributed by atoms with Crippen LogP contribution in [0.4, 0.5) is 0 Å². The Hall–Kier alpha value is -0.175. The largest absolute Gasteiger partial charge is 0.907 e. The van der Waals surface area contributed by atoms with Crippen molar-refractivity contribution < 1.29 is 29.8 Å². The van der Waals surface area contributed by atoms with Crippen LogP contribution >= 0.6 is 0 Å². The number of hydrogen-bond donors (Lipinski definition) is 3. The molecule has 7 heteroatoms. The van der Waals surface area contributed by atoms with Gasteiger partial charge in [-0.1, -0.05) is 427 Å². The Balaban J connectivity index is -0.000000627. The molecule has 0 aliphatic heterocycles. The lowest BCUT2D eigenvalue weighted by molar-refractivity contribution is -0.880. The molecule has 0 radical (unpaired) electrons. The van der Waals surface area contributed by atoms with E-state index in [4.69, 9.17) is 15.1 Å². The number of unbranched alkanes of at least 4 members (excludes halogenated alkanes) is 66. The highest BCUT2D eigenvalue weighted by molar-refractivity contribution is 6.24. The van der Waals surface area contributed by atoms with Gasteiger partial charge in [-0.25, -0.2) is 0 Å². The standard InChI is InChI=1S/3C29H61N.BO3/c3*1-4-6-8-10-12-14-16-18-20-22-24-26-28-30(3)29-27-25-23-21-19-17-15-13-11-9-7-5-2;2-1(3)4/h3*4-29H2,1-3H3;/q;;;-3/p+3. The molecule has 0 aromatic heterocycles. The van der Waals surface area contributed by atoms with Gasteiger partial charge >= 0.3 is 0 Å². The summed E-state index contributed by atoms with van der Waals surface area (Å²) in [6.07, 6.45) is 105. The van der Waals surface area contributed by atoms with E-state index in [0.29, 0.717) is 0 Å². The van der Waals surface area contributed by atoms with E-state index in [0.717, 1.165) is 0 Å². The van der Waals surface area contributed by atoms with Gasteiger partial charge in [0.2, 0.25) is 0 Å². The molecule has 3 N–H and O–H groups in total. The van der Waals surface area contributed by atoms with Crippen LogP contribution in [0.25, 0.3) is 0 Å². The number of quaternary nitrogens is 3. The first-order valence-electron chi connectivity index (χ1n) is 44.6. The summed E-state index contributed by atoms with van der Waals surface area (Å²) in [7, 11) is 4.32. The molecule has 0 saturated carbocycles. The Morgan fingerprint density at radius 3 is 0.277 bits per heavy atom. The lowest BCUT2D eigenvalue weighted by Crippen LogP contribution is -3.09. The summed E-state index contributed by atoms with van der Waals surface area (Å²) in [6, 6.07) is 0. The molecule has 94 heavy (non-hydrogen) atoms. The van der Waals surface area contributed by atoms with Crippen LogP contribution in [0.1, 0.15) is 504 Å². The Morgan fingerprint density at radius 1 is 0.138 bits per heavy atom. The van der Waals surface area contributed by atoms with Crippen molar-refractivity contribution in [3.8, 4) is 0 Å². The van der Waals surface area contributed by atoms with Crippen LogP contribution in [0.5, 0.6) is 0 Å². The van der Waals surface area contributed by atoms with Crippen molar-refractivity contribution >= 4 is 7.32 Å². The molecule has 6 nitrogen and oxygen atoms in total. The van der Waals surface area contributed by atoms with Crippen molar-refractivity contribution in [3.05, 3.63) is 0 Å². The van der Waals surface area contributed by atoms with E-state index in [1.807, 2.05) is 0 Å². The fourth-order valence-electron chi connectivity index (χ4n) is 14.0. The van der Waals surface area contributed by atoms with E-state index >= 15 is 0 Å². The molecule has 0 unspecified atom stereocenters. The Bertz CT molecular complexity index is 988. The first-order chi connectivity index (χ1) is 46.2. The van der Waals surface area contributed by atoms with Crippen LogP contribution in [-0.4, -0.2) is 67.7 Å². The molecule has 0 aliphatic carbocycles. The second-order valence-corrected chi connectivity index (χ2v) is 31.0. The molecule has 0 fully saturated rings. The lowest BCUT2D eigenvalue weighted by Gasteiger charge is -2.35. The number of rotatable bonds is 78. The summed E-state index contributed by atoms with van der Waals surface area (Å²) in [5.41, 5.74) is 0. The number of nitrogens with one attached hydrogen (secondary N) is 3. The molecule has 0 rings (SSSR count). The van der Waals surface area contributed by atoms with Gasteiger partial charge in [-0.3, -0.25) is 7.32 Å². The van der Waals surface area contributed by atoms with Gasteiger partial charge in [0.25, 0.3) is 0 Å². The molecule has 0 amide bonds. The highest BCUT2D eigenvalue weighted by Gasteiger charge is 2.06. The Morgan fingerprint density at radius 2 is 0.202 bits per heavy atom. The molecule has 0 spiro atoms. The third kappa shape index (κ3) is 108. The fraction of sp³-hybridized carbons (Fsp3) is 1.00. The maximum Gasteiger partial charge on any atom is 0.0768 e. The van der Waals surface area contributed by atoms with Gasteiger partial charge in [-0.2, -0.15) is 0 Å². The minimum absolute atomic E-state index is 1.37. The molecule has 0 aromatic rings. The summed E-state index contributed by atoms with van der Waals surface area (Å²) < 4.78 is 0. The van der Waals surface area contributed by atoms with Crippen molar-refractivity contribution in [2.24, 2.45) is 0 Å². The summed E-state index contributed by atoms with van der Waals surface area (Å²) in [5.74, 6) is 0. The summed E-state index contributed by atoms with van der Waals surface area (Å²) in [4.78, 5) is 5.32. The predicted octanol–water partition coefficient (Wildman–Crippen LogP) is 22.8. The van der Waals surface area contributed by atoms with Crippen molar-refractivity contribution in [1.82, 2.24) is 0 Å². The predicted molar refractivity (Wildman–Crippen MR) is 422 cm³/mol. The minimum Gasteiger partial charge on any atom is -0.907 e. The topological polar surface area (TPSA) is 82.5 Å². The molecular weight excluding hydrogens is 1150 g/mol. The first kappa shape index (κ1) is 100. The monoisotopic (exact) mass is 1330 g/mol. The number of hydrogen-bond acceptors (Lipinski definition) is 3. The zero-order chi connectivity index (χ0) is 69.5. The van der Waals surface area contributed by atoms with Crippen LogP contribution in [-0.2, 0) is 0 Å². The van der Waals surface area contributed by atoms with Gasteiger partial charge in [0.05, 0.1) is 60.4 Å². The maximum absolute atomic E-state index is 8.42. The fourth-order valence-corrected chi connectivity index (χ4v) is 14.0. The van der Waals surface area contributed by atoms with Crippen molar-refractivity contribution in [3.63, 3.8) is 0 Å². The van der Waals surface area contributed by atoms with Crippen LogP contribution in [0.2, 0.25) is 0 Å². The zero-order valence-corrected chi connectivity index (χ0v) is 67.5. The summed E-state index contributed by atoms with van der Waals surface area (Å²) in [5, 5.41) is 25.2. The highest BCUT2D eigenvalue weighted by atomic mass is 16.5. The highest BCUT2D eigenvalue weighted by Crippen LogP contribution is 2.18. The van der Waals surface area contributed by atoms with Crippen LogP contribution < -0.4 is 29.8 Å². The van der Waals surface area contributed by atoms with E-state index in [1.165, 1.54) is 502 Å². The quantitative estimate of drug-likeness (QED) is 0.0419. The van der Waals surface area contributed by atoms with Crippen LogP contribution in [0.15, 0.2) is 0 Å². The SMILES string of the molecule is CCCCCCCCCCCCCC[NH+](C)CCCCCCCCCCCCCC.CCCCCCCCCCCCCC[NH+](C)CCCCCCCCCCCCCC.CCCCCCCCCCCCCC[NH+](C)CCCCCCCCCCCCCC.[O-]B([O-])[O-]. The van der Waals surface area contributed by atoms with Crippen LogP contribution in [0, 0.1) is 0 Å². The van der Waals surface area contributed by atoms with Crippen molar-refractivity contribution in [1.29, 1.82) is 0 Å². The van der Waals surface area contributed by atoms with E-state index in [2.05, 4.69) is 62.7 Å². The van der Waals surface area contributed by atoms with Gasteiger partial charge in [0.15, 0.2) is 0 Å². The second kappa shape index (κ2) is 97.0. The molecule has 0 aliphatic rings. The van der Waals surface area contributed by atoms with Gasteiger partial charge in [0, 0.05) is 0 Å². The lowest BCUT2D eigenvalue weighted by atomic mass is 10.0. The first-order valence-corrected chi connectivity index (χ1v) is 44.6. The van der Waals surface area contributed by atoms with E-state index < -0.39 is 7.32 Å². The van der Waals surface area contributed by atoms with Crippen molar-refractivity contribution in [2.45, 2.75) is 504 Å². The maximum atomic E-state index is 8.42. The Labute approximate surface area is 598 Å². The average molecular weight is 1330 g/mol. The summed E-state index contributed by atoms with van der Waals surface area (Å²) in [6.45, 7) is 22.2.